The summed E-state index contributed by atoms with van der Waals surface area (Å²) in [5, 5.41) is 14.1. The molecule has 5 nitrogen and oxygen atoms in total. The molecule has 1 rings (SSSR count). The summed E-state index contributed by atoms with van der Waals surface area (Å²) < 4.78 is 0. The van der Waals surface area contributed by atoms with Crippen molar-refractivity contribution < 1.29 is 14.7 Å². The molecular formula is C13H13ClN2O3. The zero-order valence-corrected chi connectivity index (χ0v) is 11.0. The lowest BCUT2D eigenvalue weighted by Gasteiger charge is -2.08. The number of benzene rings is 1. The number of carbonyl (C=O) groups excluding carboxylic acids is 1. The molecule has 3 N–H and O–H groups in total. The number of amides is 2. The maximum Gasteiger partial charge on any atom is 0.335 e. The normalized spacial score (nSPS) is 9.16. The van der Waals surface area contributed by atoms with Crippen LogP contribution in [0.4, 0.5) is 10.5 Å². The Kier molecular flexibility index (Phi) is 5.71. The maximum absolute atomic E-state index is 11.5. The summed E-state index contributed by atoms with van der Waals surface area (Å²) in [6, 6.07) is 3.67. The number of urea groups is 1. The van der Waals surface area contributed by atoms with Crippen LogP contribution in [0.15, 0.2) is 18.2 Å². The molecule has 0 radical (unpaired) electrons. The molecule has 1 aromatic carbocycles. The van der Waals surface area contributed by atoms with E-state index in [2.05, 4.69) is 22.5 Å². The molecule has 0 unspecified atom stereocenters. The molecule has 0 aliphatic rings. The van der Waals surface area contributed by atoms with Crippen molar-refractivity contribution in [1.29, 1.82) is 0 Å². The minimum atomic E-state index is -1.07. The van der Waals surface area contributed by atoms with Gasteiger partial charge in [-0.25, -0.2) is 9.59 Å². The summed E-state index contributed by atoms with van der Waals surface area (Å²) in [5.41, 5.74) is 0.417. The number of rotatable bonds is 4. The lowest BCUT2D eigenvalue weighted by atomic mass is 10.2. The molecule has 2 amide bonds. The Morgan fingerprint density at radius 2 is 2.16 bits per heavy atom. The van der Waals surface area contributed by atoms with Crippen molar-refractivity contribution in [3.8, 4) is 11.8 Å². The van der Waals surface area contributed by atoms with Gasteiger partial charge in [-0.15, -0.1) is 11.8 Å². The highest BCUT2D eigenvalue weighted by molar-refractivity contribution is 6.34. The fourth-order valence-corrected chi connectivity index (χ4v) is 1.51. The largest absolute Gasteiger partial charge is 0.478 e. The smallest absolute Gasteiger partial charge is 0.335 e. The second kappa shape index (κ2) is 7.29. The molecule has 0 saturated carbocycles. The molecule has 0 heterocycles. The van der Waals surface area contributed by atoms with Crippen LogP contribution >= 0.6 is 11.6 Å². The van der Waals surface area contributed by atoms with Gasteiger partial charge in [0.1, 0.15) is 0 Å². The van der Waals surface area contributed by atoms with Crippen molar-refractivity contribution in [3.63, 3.8) is 0 Å². The van der Waals surface area contributed by atoms with Crippen LogP contribution < -0.4 is 10.6 Å². The number of carboxylic acid groups (broad SMARTS) is 1. The quantitative estimate of drug-likeness (QED) is 0.586. The molecule has 1 aromatic rings. The van der Waals surface area contributed by atoms with E-state index in [1.807, 2.05) is 0 Å². The van der Waals surface area contributed by atoms with E-state index in [0.29, 0.717) is 18.7 Å². The predicted octanol–water partition coefficient (Wildman–Crippen LogP) is 2.57. The van der Waals surface area contributed by atoms with Crippen LogP contribution in [0.5, 0.6) is 0 Å². The fourth-order valence-electron chi connectivity index (χ4n) is 1.28. The Bertz CT molecular complexity index is 547. The molecule has 0 spiro atoms. The van der Waals surface area contributed by atoms with E-state index >= 15 is 0 Å². The van der Waals surface area contributed by atoms with Crippen LogP contribution in [0.25, 0.3) is 0 Å². The molecule has 0 fully saturated rings. The van der Waals surface area contributed by atoms with Gasteiger partial charge in [0.2, 0.25) is 0 Å². The molecule has 6 heteroatoms. The Morgan fingerprint density at radius 3 is 2.74 bits per heavy atom. The second-order valence-electron chi connectivity index (χ2n) is 3.56. The highest BCUT2D eigenvalue weighted by Gasteiger charge is 2.09. The van der Waals surface area contributed by atoms with Gasteiger partial charge in [-0.2, -0.15) is 0 Å². The van der Waals surface area contributed by atoms with E-state index in [0.717, 1.165) is 0 Å². The Hall–Kier alpha value is -2.19. The molecule has 0 saturated heterocycles. The molecule has 0 aromatic heterocycles. The summed E-state index contributed by atoms with van der Waals surface area (Å²) in [7, 11) is 0. The van der Waals surface area contributed by atoms with Crippen LogP contribution in [0.1, 0.15) is 23.7 Å². The van der Waals surface area contributed by atoms with E-state index in [-0.39, 0.29) is 10.6 Å². The van der Waals surface area contributed by atoms with Gasteiger partial charge in [-0.05, 0) is 25.1 Å². The van der Waals surface area contributed by atoms with Crippen molar-refractivity contribution in [2.24, 2.45) is 0 Å². The predicted molar refractivity (Wildman–Crippen MR) is 73.5 cm³/mol. The SMILES string of the molecule is CC#CCCNC(=O)Nc1ccc(C(=O)O)cc1Cl. The van der Waals surface area contributed by atoms with Gasteiger partial charge in [0.25, 0.3) is 0 Å². The minimum absolute atomic E-state index is 0.0641. The van der Waals surface area contributed by atoms with Gasteiger partial charge in [0.15, 0.2) is 0 Å². The highest BCUT2D eigenvalue weighted by atomic mass is 35.5. The van der Waals surface area contributed by atoms with Crippen LogP contribution in [0.2, 0.25) is 5.02 Å². The second-order valence-corrected chi connectivity index (χ2v) is 3.96. The monoisotopic (exact) mass is 280 g/mol. The molecule has 0 bridgehead atoms. The third kappa shape index (κ3) is 4.90. The van der Waals surface area contributed by atoms with Crippen LogP contribution in [-0.4, -0.2) is 23.7 Å². The average Bonchev–Trinajstić information content (AvgIpc) is 2.37. The van der Waals surface area contributed by atoms with Crippen molar-refractivity contribution in [2.75, 3.05) is 11.9 Å². The summed E-state index contributed by atoms with van der Waals surface area (Å²) in [6.45, 7) is 2.15. The first-order valence-electron chi connectivity index (χ1n) is 5.52. The van der Waals surface area contributed by atoms with Gasteiger partial charge < -0.3 is 15.7 Å². The van der Waals surface area contributed by atoms with Crippen LogP contribution in [0.3, 0.4) is 0 Å². The summed E-state index contributed by atoms with van der Waals surface area (Å²) in [6.07, 6.45) is 0.565. The molecule has 0 aliphatic carbocycles. The average molecular weight is 281 g/mol. The third-order valence-corrected chi connectivity index (χ3v) is 2.49. The minimum Gasteiger partial charge on any atom is -0.478 e. The maximum atomic E-state index is 11.5. The van der Waals surface area contributed by atoms with Crippen molar-refractivity contribution in [3.05, 3.63) is 28.8 Å². The lowest BCUT2D eigenvalue weighted by Crippen LogP contribution is -2.29. The standard InChI is InChI=1S/C13H13ClN2O3/c1-2-3-4-7-15-13(19)16-11-6-5-9(12(17)18)8-10(11)14/h5-6,8H,4,7H2,1H3,(H,17,18)(H2,15,16,19). The first-order chi connectivity index (χ1) is 9.04. The summed E-state index contributed by atoms with van der Waals surface area (Å²) >= 11 is 5.87. The Morgan fingerprint density at radius 1 is 1.42 bits per heavy atom. The first-order valence-corrected chi connectivity index (χ1v) is 5.89. The molecule has 0 atom stereocenters. The van der Waals surface area contributed by atoms with E-state index in [1.54, 1.807) is 6.92 Å². The molecule has 0 aliphatic heterocycles. The van der Waals surface area contributed by atoms with Gasteiger partial charge in [-0.1, -0.05) is 11.6 Å². The molecular weight excluding hydrogens is 268 g/mol. The first kappa shape index (κ1) is 14.9. The van der Waals surface area contributed by atoms with Gasteiger partial charge in [0.05, 0.1) is 16.3 Å². The number of nitrogens with one attached hydrogen (secondary N) is 2. The molecule has 100 valence electrons. The van der Waals surface area contributed by atoms with E-state index in [9.17, 15) is 9.59 Å². The number of halogens is 1. The number of carboxylic acids is 1. The zero-order chi connectivity index (χ0) is 14.3. The van der Waals surface area contributed by atoms with Crippen molar-refractivity contribution >= 4 is 29.3 Å². The van der Waals surface area contributed by atoms with Crippen LogP contribution in [-0.2, 0) is 0 Å². The van der Waals surface area contributed by atoms with Gasteiger partial charge >= 0.3 is 12.0 Å². The number of aromatic carboxylic acids is 1. The van der Waals surface area contributed by atoms with Crippen molar-refractivity contribution in [1.82, 2.24) is 5.32 Å². The zero-order valence-electron chi connectivity index (χ0n) is 10.3. The van der Waals surface area contributed by atoms with Crippen LogP contribution in [0, 0.1) is 11.8 Å². The third-order valence-electron chi connectivity index (χ3n) is 2.18. The highest BCUT2D eigenvalue weighted by Crippen LogP contribution is 2.22. The van der Waals surface area contributed by atoms with E-state index in [4.69, 9.17) is 16.7 Å². The number of hydrogen-bond donors (Lipinski definition) is 3. The van der Waals surface area contributed by atoms with Gasteiger partial charge in [0, 0.05) is 13.0 Å². The van der Waals surface area contributed by atoms with Gasteiger partial charge in [-0.3, -0.25) is 0 Å². The number of hydrogen-bond acceptors (Lipinski definition) is 2. The van der Waals surface area contributed by atoms with E-state index in [1.165, 1.54) is 18.2 Å². The Labute approximate surface area is 116 Å². The topological polar surface area (TPSA) is 78.4 Å². The summed E-state index contributed by atoms with van der Waals surface area (Å²) in [5.74, 6) is 4.46. The molecule has 19 heavy (non-hydrogen) atoms. The Balaban J connectivity index is 2.58. The fraction of sp³-hybridized carbons (Fsp3) is 0.231. The number of anilines is 1. The number of carbonyl (C=O) groups is 2. The lowest BCUT2D eigenvalue weighted by molar-refractivity contribution is 0.0697. The van der Waals surface area contributed by atoms with E-state index < -0.39 is 12.0 Å². The van der Waals surface area contributed by atoms with Crippen molar-refractivity contribution in [2.45, 2.75) is 13.3 Å². The summed E-state index contributed by atoms with van der Waals surface area (Å²) in [4.78, 5) is 22.2.